The van der Waals surface area contributed by atoms with Gasteiger partial charge >= 0.3 is 6.09 Å². The number of nitrogens with one attached hydrogen (secondary N) is 1. The first kappa shape index (κ1) is 16.5. The molecule has 5 nitrogen and oxygen atoms in total. The third-order valence-corrected chi connectivity index (χ3v) is 3.71. The number of aromatic nitrogens is 2. The van der Waals surface area contributed by atoms with Crippen LogP contribution in [0.5, 0.6) is 0 Å². The molecule has 0 radical (unpaired) electrons. The molecule has 2 heterocycles. The molecule has 126 valence electrons. The van der Waals surface area contributed by atoms with Crippen molar-refractivity contribution in [1.29, 1.82) is 0 Å². The summed E-state index contributed by atoms with van der Waals surface area (Å²) in [6.07, 6.45) is 0.936. The molecule has 0 fully saturated rings. The molecule has 1 amide bonds. The molecule has 2 aromatic heterocycles. The van der Waals surface area contributed by atoms with Crippen molar-refractivity contribution in [2.24, 2.45) is 0 Å². The van der Waals surface area contributed by atoms with Crippen LogP contribution in [0.15, 0.2) is 24.4 Å². The van der Waals surface area contributed by atoms with Gasteiger partial charge in [0.05, 0.1) is 16.2 Å². The lowest BCUT2D eigenvalue weighted by Gasteiger charge is -2.25. The molecular formula is C17H17ClFN3O2. The maximum Gasteiger partial charge on any atom is 0.414 e. The molecule has 24 heavy (non-hydrogen) atoms. The first-order chi connectivity index (χ1) is 11.2. The number of carbonyl (C=O) groups excluding carboxylic acids is 1. The molecule has 0 aliphatic heterocycles. The van der Waals surface area contributed by atoms with Gasteiger partial charge in [-0.3, -0.25) is 4.90 Å². The Morgan fingerprint density at radius 3 is 2.67 bits per heavy atom. The van der Waals surface area contributed by atoms with E-state index in [9.17, 15) is 9.18 Å². The largest absolute Gasteiger partial charge is 0.443 e. The number of fused-ring (bicyclic) bond motifs is 3. The predicted octanol–water partition coefficient (Wildman–Crippen LogP) is 4.88. The molecular weight excluding hydrogens is 333 g/mol. The van der Waals surface area contributed by atoms with Crippen molar-refractivity contribution in [2.75, 3.05) is 11.9 Å². The van der Waals surface area contributed by atoms with Gasteiger partial charge in [0.25, 0.3) is 0 Å². The van der Waals surface area contributed by atoms with Gasteiger partial charge in [0, 0.05) is 24.0 Å². The van der Waals surface area contributed by atoms with E-state index in [4.69, 9.17) is 16.3 Å². The fourth-order valence-corrected chi connectivity index (χ4v) is 2.65. The van der Waals surface area contributed by atoms with E-state index >= 15 is 0 Å². The quantitative estimate of drug-likeness (QED) is 0.681. The summed E-state index contributed by atoms with van der Waals surface area (Å²) in [4.78, 5) is 20.9. The number of hydrogen-bond acceptors (Lipinski definition) is 3. The highest BCUT2D eigenvalue weighted by Crippen LogP contribution is 2.33. The van der Waals surface area contributed by atoms with Crippen LogP contribution in [0.1, 0.15) is 20.8 Å². The van der Waals surface area contributed by atoms with Crippen molar-refractivity contribution in [1.82, 2.24) is 9.97 Å². The highest BCUT2D eigenvalue weighted by molar-refractivity contribution is 6.31. The van der Waals surface area contributed by atoms with Gasteiger partial charge in [-0.2, -0.15) is 0 Å². The summed E-state index contributed by atoms with van der Waals surface area (Å²) in [5.41, 5.74) is 0.884. The van der Waals surface area contributed by atoms with E-state index in [1.54, 1.807) is 26.8 Å². The van der Waals surface area contributed by atoms with Crippen LogP contribution in [0.2, 0.25) is 5.02 Å². The van der Waals surface area contributed by atoms with E-state index in [1.807, 2.05) is 0 Å². The third kappa shape index (κ3) is 3.01. The van der Waals surface area contributed by atoms with Gasteiger partial charge in [0.2, 0.25) is 0 Å². The fraction of sp³-hybridized carbons (Fsp3) is 0.294. The number of halogens is 2. The molecule has 0 bridgehead atoms. The lowest BCUT2D eigenvalue weighted by atomic mass is 10.1. The van der Waals surface area contributed by atoms with Crippen molar-refractivity contribution >= 4 is 45.3 Å². The van der Waals surface area contributed by atoms with Crippen molar-refractivity contribution in [3.05, 3.63) is 35.2 Å². The number of hydrogen-bond donors (Lipinski definition) is 1. The topological polar surface area (TPSA) is 58.2 Å². The minimum Gasteiger partial charge on any atom is -0.443 e. The standard InChI is InChI=1S/C17H17ClFN3O2/c1-17(2,3)24-16(23)22(4)13-7-10(19)6-11-12-5-9(18)8-20-15(12)21-14(11)13/h5-8H,1-4H3,(H,20,21). The summed E-state index contributed by atoms with van der Waals surface area (Å²) < 4.78 is 19.5. The van der Waals surface area contributed by atoms with Crippen LogP contribution >= 0.6 is 11.6 Å². The smallest absolute Gasteiger partial charge is 0.414 e. The highest BCUT2D eigenvalue weighted by Gasteiger charge is 2.23. The van der Waals surface area contributed by atoms with Crippen molar-refractivity contribution in [3.8, 4) is 0 Å². The number of benzene rings is 1. The van der Waals surface area contributed by atoms with Gasteiger partial charge in [-0.1, -0.05) is 11.6 Å². The number of anilines is 1. The Balaban J connectivity index is 2.17. The molecule has 0 saturated heterocycles. The Hall–Kier alpha value is -2.34. The minimum absolute atomic E-state index is 0.369. The van der Waals surface area contributed by atoms with Crippen LogP contribution in [0, 0.1) is 5.82 Å². The summed E-state index contributed by atoms with van der Waals surface area (Å²) >= 11 is 5.99. The minimum atomic E-state index is -0.646. The summed E-state index contributed by atoms with van der Waals surface area (Å²) in [7, 11) is 1.54. The van der Waals surface area contributed by atoms with Gasteiger partial charge in [0.1, 0.15) is 17.1 Å². The number of carbonyl (C=O) groups is 1. The van der Waals surface area contributed by atoms with E-state index in [-0.39, 0.29) is 0 Å². The van der Waals surface area contributed by atoms with E-state index in [0.717, 1.165) is 0 Å². The zero-order valence-corrected chi connectivity index (χ0v) is 14.5. The number of H-pyrrole nitrogens is 1. The van der Waals surface area contributed by atoms with Gasteiger partial charge in [-0.15, -0.1) is 0 Å². The monoisotopic (exact) mass is 349 g/mol. The predicted molar refractivity (Wildman–Crippen MR) is 93.2 cm³/mol. The van der Waals surface area contributed by atoms with Crippen molar-refractivity contribution < 1.29 is 13.9 Å². The van der Waals surface area contributed by atoms with E-state index in [0.29, 0.717) is 32.6 Å². The number of nitrogens with zero attached hydrogens (tertiary/aromatic N) is 2. The molecule has 0 saturated carbocycles. The second-order valence-electron chi connectivity index (χ2n) is 6.56. The van der Waals surface area contributed by atoms with E-state index in [2.05, 4.69) is 9.97 Å². The molecule has 0 spiro atoms. The summed E-state index contributed by atoms with van der Waals surface area (Å²) in [6.45, 7) is 5.32. The average molecular weight is 350 g/mol. The molecule has 1 N–H and O–H groups in total. The zero-order chi connectivity index (χ0) is 17.6. The molecule has 7 heteroatoms. The third-order valence-electron chi connectivity index (χ3n) is 3.50. The van der Waals surface area contributed by atoms with Crippen molar-refractivity contribution in [2.45, 2.75) is 26.4 Å². The van der Waals surface area contributed by atoms with Gasteiger partial charge in [0.15, 0.2) is 0 Å². The van der Waals surface area contributed by atoms with Crippen LogP contribution in [0.3, 0.4) is 0 Å². The Morgan fingerprint density at radius 1 is 1.29 bits per heavy atom. The number of pyridine rings is 1. The van der Waals surface area contributed by atoms with E-state index in [1.165, 1.54) is 30.3 Å². The summed E-state index contributed by atoms with van der Waals surface area (Å²) in [6, 6.07) is 4.38. The number of ether oxygens (including phenoxy) is 1. The first-order valence-electron chi connectivity index (χ1n) is 7.39. The molecule has 0 unspecified atom stereocenters. The number of rotatable bonds is 1. The molecule has 0 atom stereocenters. The van der Waals surface area contributed by atoms with Crippen LogP contribution in [-0.4, -0.2) is 28.7 Å². The normalized spacial score (nSPS) is 11.9. The lowest BCUT2D eigenvalue weighted by molar-refractivity contribution is 0.0589. The van der Waals surface area contributed by atoms with Gasteiger partial charge in [-0.25, -0.2) is 14.2 Å². The van der Waals surface area contributed by atoms with Gasteiger partial charge < -0.3 is 9.72 Å². The second kappa shape index (κ2) is 5.63. The molecule has 0 aliphatic carbocycles. The van der Waals surface area contributed by atoms with Gasteiger partial charge in [-0.05, 0) is 39.0 Å². The Labute approximate surface area is 143 Å². The number of amides is 1. The fourth-order valence-electron chi connectivity index (χ4n) is 2.49. The van der Waals surface area contributed by atoms with Crippen LogP contribution in [0.25, 0.3) is 21.9 Å². The molecule has 1 aromatic carbocycles. The van der Waals surface area contributed by atoms with Crippen molar-refractivity contribution in [3.63, 3.8) is 0 Å². The maximum absolute atomic E-state index is 14.1. The molecule has 3 aromatic rings. The SMILES string of the molecule is CN(C(=O)OC(C)(C)C)c1cc(F)cc2c1[nH]c1ncc(Cl)cc12. The Kier molecular flexibility index (Phi) is 3.87. The van der Waals surface area contributed by atoms with Crippen LogP contribution < -0.4 is 4.90 Å². The van der Waals surface area contributed by atoms with Crippen LogP contribution in [0.4, 0.5) is 14.9 Å². The Bertz CT molecular complexity index is 946. The summed E-state index contributed by atoms with van der Waals surface area (Å²) in [5, 5.41) is 1.75. The highest BCUT2D eigenvalue weighted by atomic mass is 35.5. The molecule has 0 aliphatic rings. The Morgan fingerprint density at radius 2 is 2.00 bits per heavy atom. The number of aromatic amines is 1. The second-order valence-corrected chi connectivity index (χ2v) is 7.00. The lowest BCUT2D eigenvalue weighted by Crippen LogP contribution is -2.34. The molecule has 3 rings (SSSR count). The zero-order valence-electron chi connectivity index (χ0n) is 13.8. The maximum atomic E-state index is 14.1. The average Bonchev–Trinajstić information content (AvgIpc) is 2.82. The first-order valence-corrected chi connectivity index (χ1v) is 7.77. The summed E-state index contributed by atoms with van der Waals surface area (Å²) in [5.74, 6) is -0.464. The van der Waals surface area contributed by atoms with E-state index < -0.39 is 17.5 Å². The van der Waals surface area contributed by atoms with Crippen LogP contribution in [-0.2, 0) is 4.74 Å².